The number of aryl methyl sites for hydroxylation is 1. The maximum atomic E-state index is 12.7. The Hall–Kier alpha value is -2.82. The monoisotopic (exact) mass is 338 g/mol. The molecule has 2 aromatic carbocycles. The fraction of sp³-hybridized carbons (Fsp3) is 0.300. The maximum Gasteiger partial charge on any atom is 0.265 e. The van der Waals surface area contributed by atoms with E-state index in [1.54, 1.807) is 4.90 Å². The summed E-state index contributed by atoms with van der Waals surface area (Å²) in [6.07, 6.45) is 0. The number of amides is 2. The van der Waals surface area contributed by atoms with Crippen LogP contribution < -0.4 is 14.5 Å². The van der Waals surface area contributed by atoms with Crippen molar-refractivity contribution in [2.45, 2.75) is 26.8 Å². The van der Waals surface area contributed by atoms with Crippen LogP contribution in [0.15, 0.2) is 48.5 Å². The molecule has 2 aromatic rings. The van der Waals surface area contributed by atoms with Crippen molar-refractivity contribution in [1.29, 1.82) is 0 Å². The highest BCUT2D eigenvalue weighted by Crippen LogP contribution is 2.34. The summed E-state index contributed by atoms with van der Waals surface area (Å²) in [5.41, 5.74) is 2.63. The lowest BCUT2D eigenvalue weighted by molar-refractivity contribution is -0.124. The SMILES string of the molecule is Cc1ccc(OCC(=O)N2CC(=O)N(C(C)C)c3ccccc32)cc1. The molecular weight excluding hydrogens is 316 g/mol. The first-order valence-electron chi connectivity index (χ1n) is 8.38. The number of hydrogen-bond donors (Lipinski definition) is 0. The van der Waals surface area contributed by atoms with E-state index in [0.717, 1.165) is 16.9 Å². The number of ether oxygens (including phenoxy) is 1. The van der Waals surface area contributed by atoms with Crippen molar-refractivity contribution in [3.05, 3.63) is 54.1 Å². The largest absolute Gasteiger partial charge is 0.484 e. The van der Waals surface area contributed by atoms with Gasteiger partial charge in [0.05, 0.1) is 11.4 Å². The van der Waals surface area contributed by atoms with Crippen molar-refractivity contribution >= 4 is 23.2 Å². The lowest BCUT2D eigenvalue weighted by Crippen LogP contribution is -2.51. The highest BCUT2D eigenvalue weighted by Gasteiger charge is 2.33. The zero-order chi connectivity index (χ0) is 18.0. The summed E-state index contributed by atoms with van der Waals surface area (Å²) in [7, 11) is 0. The molecule has 0 spiro atoms. The minimum Gasteiger partial charge on any atom is -0.484 e. The molecule has 25 heavy (non-hydrogen) atoms. The second-order valence-corrected chi connectivity index (χ2v) is 6.43. The predicted octanol–water partition coefficient (Wildman–Crippen LogP) is 3.16. The number of benzene rings is 2. The van der Waals surface area contributed by atoms with E-state index >= 15 is 0 Å². The number of carbonyl (C=O) groups excluding carboxylic acids is 2. The van der Waals surface area contributed by atoms with Gasteiger partial charge in [0.15, 0.2) is 6.61 Å². The predicted molar refractivity (Wildman–Crippen MR) is 98.1 cm³/mol. The van der Waals surface area contributed by atoms with Gasteiger partial charge in [-0.1, -0.05) is 29.8 Å². The molecule has 0 radical (unpaired) electrons. The summed E-state index contributed by atoms with van der Waals surface area (Å²) in [6.45, 7) is 5.85. The Morgan fingerprint density at radius 1 is 1.08 bits per heavy atom. The second kappa shape index (κ2) is 6.97. The van der Waals surface area contributed by atoms with Crippen molar-refractivity contribution in [3.8, 4) is 5.75 Å². The minimum absolute atomic E-state index is 0.0330. The fourth-order valence-electron chi connectivity index (χ4n) is 2.97. The van der Waals surface area contributed by atoms with Gasteiger partial charge >= 0.3 is 0 Å². The topological polar surface area (TPSA) is 49.9 Å². The lowest BCUT2D eigenvalue weighted by Gasteiger charge is -2.38. The van der Waals surface area contributed by atoms with Crippen LogP contribution in [0.3, 0.4) is 0 Å². The summed E-state index contributed by atoms with van der Waals surface area (Å²) in [4.78, 5) is 28.4. The smallest absolute Gasteiger partial charge is 0.265 e. The van der Waals surface area contributed by atoms with Crippen molar-refractivity contribution in [1.82, 2.24) is 0 Å². The Morgan fingerprint density at radius 2 is 1.72 bits per heavy atom. The van der Waals surface area contributed by atoms with Crippen LogP contribution in [0.5, 0.6) is 5.75 Å². The molecule has 1 heterocycles. The molecule has 1 aliphatic heterocycles. The summed E-state index contributed by atoms with van der Waals surface area (Å²) in [6, 6.07) is 15.0. The average Bonchev–Trinajstić information content (AvgIpc) is 2.59. The van der Waals surface area contributed by atoms with Gasteiger partial charge in [0.2, 0.25) is 5.91 Å². The molecule has 0 saturated carbocycles. The van der Waals surface area contributed by atoms with Crippen LogP contribution in [-0.2, 0) is 9.59 Å². The Morgan fingerprint density at radius 3 is 2.36 bits per heavy atom. The van der Waals surface area contributed by atoms with E-state index in [0.29, 0.717) is 5.75 Å². The van der Waals surface area contributed by atoms with E-state index in [9.17, 15) is 9.59 Å². The number of hydrogen-bond acceptors (Lipinski definition) is 3. The molecule has 0 aromatic heterocycles. The van der Waals surface area contributed by atoms with Crippen molar-refractivity contribution < 1.29 is 14.3 Å². The number of anilines is 2. The summed E-state index contributed by atoms with van der Waals surface area (Å²) >= 11 is 0. The molecule has 0 aliphatic carbocycles. The first kappa shape index (κ1) is 17.0. The average molecular weight is 338 g/mol. The van der Waals surface area contributed by atoms with Gasteiger partial charge in [-0.2, -0.15) is 0 Å². The molecule has 2 amide bonds. The molecule has 5 heteroatoms. The number of carbonyl (C=O) groups is 2. The van der Waals surface area contributed by atoms with E-state index in [1.807, 2.05) is 69.3 Å². The van der Waals surface area contributed by atoms with E-state index in [2.05, 4.69) is 0 Å². The minimum atomic E-state index is -0.232. The van der Waals surface area contributed by atoms with Crippen molar-refractivity contribution in [2.75, 3.05) is 23.0 Å². The molecule has 0 N–H and O–H groups in total. The van der Waals surface area contributed by atoms with Gasteiger partial charge in [0.1, 0.15) is 12.3 Å². The highest BCUT2D eigenvalue weighted by atomic mass is 16.5. The zero-order valence-electron chi connectivity index (χ0n) is 14.7. The van der Waals surface area contributed by atoms with Crippen LogP contribution in [-0.4, -0.2) is 31.0 Å². The number of para-hydroxylation sites is 2. The van der Waals surface area contributed by atoms with E-state index in [-0.39, 0.29) is 31.0 Å². The van der Waals surface area contributed by atoms with Crippen LogP contribution in [0.4, 0.5) is 11.4 Å². The third-order valence-electron chi connectivity index (χ3n) is 4.19. The molecule has 1 aliphatic rings. The molecule has 3 rings (SSSR count). The van der Waals surface area contributed by atoms with E-state index in [4.69, 9.17) is 4.74 Å². The van der Waals surface area contributed by atoms with Gasteiger partial charge in [-0.15, -0.1) is 0 Å². The Kier molecular flexibility index (Phi) is 4.74. The first-order valence-corrected chi connectivity index (χ1v) is 8.38. The van der Waals surface area contributed by atoms with Gasteiger partial charge < -0.3 is 9.64 Å². The molecule has 0 fully saturated rings. The molecule has 0 bridgehead atoms. The van der Waals surface area contributed by atoms with Crippen LogP contribution in [0.25, 0.3) is 0 Å². The number of rotatable bonds is 4. The summed E-state index contributed by atoms with van der Waals surface area (Å²) in [5, 5.41) is 0. The first-order chi connectivity index (χ1) is 12.0. The molecule has 0 atom stereocenters. The molecular formula is C20H22N2O3. The van der Waals surface area contributed by atoms with Gasteiger partial charge in [-0.05, 0) is 45.0 Å². The zero-order valence-corrected chi connectivity index (χ0v) is 14.7. The van der Waals surface area contributed by atoms with Crippen LogP contribution in [0.2, 0.25) is 0 Å². The summed E-state index contributed by atoms with van der Waals surface area (Å²) in [5.74, 6) is 0.321. The Bertz CT molecular complexity index is 784. The third-order valence-corrected chi connectivity index (χ3v) is 4.19. The number of nitrogens with zero attached hydrogens (tertiary/aromatic N) is 2. The quantitative estimate of drug-likeness (QED) is 0.860. The van der Waals surface area contributed by atoms with Gasteiger partial charge in [-0.25, -0.2) is 0 Å². The van der Waals surface area contributed by atoms with E-state index in [1.165, 1.54) is 4.90 Å². The highest BCUT2D eigenvalue weighted by molar-refractivity contribution is 6.11. The Labute approximate surface area is 147 Å². The summed E-state index contributed by atoms with van der Waals surface area (Å²) < 4.78 is 5.58. The van der Waals surface area contributed by atoms with E-state index < -0.39 is 0 Å². The molecule has 130 valence electrons. The molecule has 0 unspecified atom stereocenters. The van der Waals surface area contributed by atoms with Crippen molar-refractivity contribution in [2.24, 2.45) is 0 Å². The van der Waals surface area contributed by atoms with Gasteiger partial charge in [0.25, 0.3) is 5.91 Å². The maximum absolute atomic E-state index is 12.7. The second-order valence-electron chi connectivity index (χ2n) is 6.43. The van der Waals surface area contributed by atoms with Gasteiger partial charge in [-0.3, -0.25) is 14.5 Å². The fourth-order valence-corrected chi connectivity index (χ4v) is 2.97. The van der Waals surface area contributed by atoms with Crippen LogP contribution in [0, 0.1) is 6.92 Å². The van der Waals surface area contributed by atoms with Crippen molar-refractivity contribution in [3.63, 3.8) is 0 Å². The molecule has 0 saturated heterocycles. The van der Waals surface area contributed by atoms with Crippen LogP contribution >= 0.6 is 0 Å². The standard InChI is InChI=1S/C20H22N2O3/c1-14(2)22-18-7-5-4-6-17(18)21(12-19(22)23)20(24)13-25-16-10-8-15(3)9-11-16/h4-11,14H,12-13H2,1-3H3. The van der Waals surface area contributed by atoms with Crippen LogP contribution in [0.1, 0.15) is 19.4 Å². The lowest BCUT2D eigenvalue weighted by atomic mass is 10.1. The number of fused-ring (bicyclic) bond motifs is 1. The Balaban J connectivity index is 1.79. The molecule has 5 nitrogen and oxygen atoms in total. The normalized spacial score (nSPS) is 13.8. The third kappa shape index (κ3) is 3.50. The van der Waals surface area contributed by atoms with Gasteiger partial charge in [0, 0.05) is 6.04 Å².